The van der Waals surface area contributed by atoms with Crippen molar-refractivity contribution in [1.82, 2.24) is 9.78 Å². The number of hydrogen-bond donors (Lipinski definition) is 3. The van der Waals surface area contributed by atoms with Crippen molar-refractivity contribution in [2.45, 2.75) is 38.6 Å². The third-order valence-corrected chi connectivity index (χ3v) is 7.42. The molecule has 3 aromatic rings. The smallest absolute Gasteiger partial charge is 0.281 e. The number of aromatic hydroxyl groups is 1. The fraction of sp³-hybridized carbons (Fsp3) is 0.273. The summed E-state index contributed by atoms with van der Waals surface area (Å²) in [6, 6.07) is 8.50. The van der Waals surface area contributed by atoms with Crippen molar-refractivity contribution < 1.29 is 9.32 Å². The molecule has 168 valence electrons. The number of amidine groups is 1. The Bertz CT molecular complexity index is 1380. The molecule has 0 fully saturated rings. The van der Waals surface area contributed by atoms with E-state index in [2.05, 4.69) is 41.5 Å². The Hall–Kier alpha value is -3.11. The molecule has 0 saturated heterocycles. The van der Waals surface area contributed by atoms with Crippen LogP contribution < -0.4 is 16.6 Å². The third-order valence-electron chi connectivity index (χ3n) is 5.04. The van der Waals surface area contributed by atoms with Crippen LogP contribution in [0.3, 0.4) is 0 Å². The van der Waals surface area contributed by atoms with Gasteiger partial charge in [-0.1, -0.05) is 26.8 Å². The van der Waals surface area contributed by atoms with Gasteiger partial charge in [0.2, 0.25) is 0 Å². The summed E-state index contributed by atoms with van der Waals surface area (Å²) in [6.07, 6.45) is 0.697. The molecule has 0 radical (unpaired) electrons. The highest BCUT2D eigenvalue weighted by Gasteiger charge is 2.28. The lowest BCUT2D eigenvalue weighted by molar-refractivity contribution is 0.335. The van der Waals surface area contributed by atoms with Crippen LogP contribution in [0.2, 0.25) is 0 Å². The number of anilines is 2. The molecule has 32 heavy (non-hydrogen) atoms. The van der Waals surface area contributed by atoms with Gasteiger partial charge in [0, 0.05) is 12.2 Å². The molecule has 3 heterocycles. The van der Waals surface area contributed by atoms with Gasteiger partial charge in [-0.05, 0) is 47.4 Å². The molecule has 1 aromatic carbocycles. The van der Waals surface area contributed by atoms with Gasteiger partial charge in [0.05, 0.1) is 25.2 Å². The summed E-state index contributed by atoms with van der Waals surface area (Å²) in [5.74, 6) is 3.43. The van der Waals surface area contributed by atoms with Crippen molar-refractivity contribution in [1.29, 1.82) is 0 Å². The van der Waals surface area contributed by atoms with Gasteiger partial charge in [0.25, 0.3) is 5.56 Å². The van der Waals surface area contributed by atoms with Crippen molar-refractivity contribution in [3.8, 4) is 16.3 Å². The Morgan fingerprint density at radius 3 is 2.72 bits per heavy atom. The number of hydrogen-bond acceptors (Lipinski definition) is 7. The Labute approximate surface area is 190 Å². The van der Waals surface area contributed by atoms with Gasteiger partial charge in [-0.25, -0.2) is 8.89 Å². The highest BCUT2D eigenvalue weighted by Crippen LogP contribution is 2.35. The predicted molar refractivity (Wildman–Crippen MR) is 132 cm³/mol. The molecule has 1 aliphatic heterocycles. The Kier molecular flexibility index (Phi) is 5.38. The zero-order chi connectivity index (χ0) is 23.3. The summed E-state index contributed by atoms with van der Waals surface area (Å²) in [5.41, 5.74) is 6.37. The number of nitrogen functional groups attached to an aromatic ring is 1. The first kappa shape index (κ1) is 22.1. The highest BCUT2D eigenvalue weighted by molar-refractivity contribution is 7.99. The van der Waals surface area contributed by atoms with Gasteiger partial charge in [0.15, 0.2) is 11.6 Å². The van der Waals surface area contributed by atoms with Gasteiger partial charge in [-0.3, -0.25) is 4.79 Å². The molecule has 0 amide bonds. The SMILES string of the molecule is C=S1(=O)N=C(c2c(O)c(-c3cccs3)nn(CCC(C)(C)C)c2=O)Nc2ccc(N)cc21. The molecule has 4 N–H and O–H groups in total. The maximum absolute atomic E-state index is 13.4. The first-order chi connectivity index (χ1) is 15.0. The van der Waals surface area contributed by atoms with Crippen molar-refractivity contribution in [2.24, 2.45) is 9.81 Å². The topological polar surface area (TPSA) is 123 Å². The fourth-order valence-corrected chi connectivity index (χ4v) is 5.33. The van der Waals surface area contributed by atoms with Gasteiger partial charge in [0.1, 0.15) is 11.3 Å². The molecule has 0 spiro atoms. The van der Waals surface area contributed by atoms with Crippen molar-refractivity contribution in [3.05, 3.63) is 51.6 Å². The number of fused-ring (bicyclic) bond motifs is 1. The minimum absolute atomic E-state index is 0.00511. The second-order valence-electron chi connectivity index (χ2n) is 8.85. The summed E-state index contributed by atoms with van der Waals surface area (Å²) in [4.78, 5) is 14.4. The number of aryl methyl sites for hydroxylation is 1. The monoisotopic (exact) mass is 471 g/mol. The molecule has 1 unspecified atom stereocenters. The molecule has 2 aromatic heterocycles. The van der Waals surface area contributed by atoms with Crippen LogP contribution >= 0.6 is 11.3 Å². The predicted octanol–water partition coefficient (Wildman–Crippen LogP) is 3.56. The van der Waals surface area contributed by atoms with E-state index in [1.807, 2.05) is 17.5 Å². The second kappa shape index (κ2) is 7.79. The molecule has 8 nitrogen and oxygen atoms in total. The van der Waals surface area contributed by atoms with Crippen LogP contribution in [0.5, 0.6) is 5.75 Å². The first-order valence-electron chi connectivity index (χ1n) is 9.98. The number of benzene rings is 1. The van der Waals surface area contributed by atoms with Crippen LogP contribution in [0.15, 0.2) is 49.8 Å². The summed E-state index contributed by atoms with van der Waals surface area (Å²) in [6.45, 7) is 6.58. The number of rotatable bonds is 4. The van der Waals surface area contributed by atoms with Crippen LogP contribution in [0, 0.1) is 5.41 Å². The van der Waals surface area contributed by atoms with E-state index in [0.717, 1.165) is 0 Å². The molecule has 1 aliphatic rings. The van der Waals surface area contributed by atoms with Crippen LogP contribution in [0.25, 0.3) is 10.6 Å². The molecule has 1 atom stereocenters. The van der Waals surface area contributed by atoms with Crippen molar-refractivity contribution in [2.75, 3.05) is 11.1 Å². The van der Waals surface area contributed by atoms with Crippen LogP contribution in [0.4, 0.5) is 11.4 Å². The molecule has 4 rings (SSSR count). The van der Waals surface area contributed by atoms with E-state index in [1.54, 1.807) is 18.2 Å². The molecular formula is C22H25N5O3S2. The molecular weight excluding hydrogens is 446 g/mol. The second-order valence-corrected chi connectivity index (χ2v) is 11.7. The quantitative estimate of drug-likeness (QED) is 0.395. The number of thiophene rings is 1. The van der Waals surface area contributed by atoms with Crippen LogP contribution in [0.1, 0.15) is 32.8 Å². The summed E-state index contributed by atoms with van der Waals surface area (Å²) in [7, 11) is -3.14. The normalized spacial score (nSPS) is 18.0. The average Bonchev–Trinajstić information content (AvgIpc) is 3.21. The van der Waals surface area contributed by atoms with E-state index in [0.29, 0.717) is 34.1 Å². The van der Waals surface area contributed by atoms with E-state index < -0.39 is 15.3 Å². The highest BCUT2D eigenvalue weighted by atomic mass is 32.2. The van der Waals surface area contributed by atoms with E-state index >= 15 is 0 Å². The number of nitrogens with one attached hydrogen (secondary N) is 1. The standard InChI is InChI=1S/C22H25N5O3S2/c1-22(2,3)9-10-27-21(29)17(19(28)18(25-27)15-6-5-11-31-15)20-24-14-8-7-13(23)12-16(14)32(4,30)26-20/h5-8,11-12,28H,4,9-10,23H2,1-3H3,(H,24,26,30). The summed E-state index contributed by atoms with van der Waals surface area (Å²) >= 11 is 1.39. The van der Waals surface area contributed by atoms with Crippen LogP contribution in [-0.4, -0.2) is 30.8 Å². The lowest BCUT2D eigenvalue weighted by atomic mass is 9.92. The lowest BCUT2D eigenvalue weighted by Gasteiger charge is -2.23. The zero-order valence-electron chi connectivity index (χ0n) is 18.1. The molecule has 0 saturated carbocycles. The Morgan fingerprint density at radius 2 is 2.06 bits per heavy atom. The Morgan fingerprint density at radius 1 is 1.31 bits per heavy atom. The van der Waals surface area contributed by atoms with E-state index in [4.69, 9.17) is 5.73 Å². The number of nitrogens with zero attached hydrogens (tertiary/aromatic N) is 3. The summed E-state index contributed by atoms with van der Waals surface area (Å²) in [5, 5.41) is 20.4. The maximum atomic E-state index is 13.4. The van der Waals surface area contributed by atoms with Gasteiger partial charge < -0.3 is 16.2 Å². The maximum Gasteiger partial charge on any atom is 0.281 e. The van der Waals surface area contributed by atoms with E-state index in [9.17, 15) is 14.1 Å². The first-order valence-corrected chi connectivity index (χ1v) is 12.5. The van der Waals surface area contributed by atoms with Gasteiger partial charge >= 0.3 is 0 Å². The lowest BCUT2D eigenvalue weighted by Crippen LogP contribution is -2.34. The Balaban J connectivity index is 1.92. The number of aromatic nitrogens is 2. The van der Waals surface area contributed by atoms with Crippen molar-refractivity contribution in [3.63, 3.8) is 0 Å². The minimum Gasteiger partial charge on any atom is -0.505 e. The van der Waals surface area contributed by atoms with Crippen LogP contribution in [-0.2, 0) is 16.3 Å². The molecule has 0 bridgehead atoms. The van der Waals surface area contributed by atoms with E-state index in [1.165, 1.54) is 16.0 Å². The fourth-order valence-electron chi connectivity index (χ4n) is 3.31. The third kappa shape index (κ3) is 4.15. The largest absolute Gasteiger partial charge is 0.505 e. The minimum atomic E-state index is -3.14. The van der Waals surface area contributed by atoms with E-state index in [-0.39, 0.29) is 28.3 Å². The summed E-state index contributed by atoms with van der Waals surface area (Å²) < 4.78 is 18.8. The van der Waals surface area contributed by atoms with Gasteiger partial charge in [-0.2, -0.15) is 9.50 Å². The number of nitrogens with two attached hydrogens (primary N) is 1. The molecule has 0 aliphatic carbocycles. The average molecular weight is 472 g/mol. The van der Waals surface area contributed by atoms with Gasteiger partial charge in [-0.15, -0.1) is 11.3 Å². The zero-order valence-corrected chi connectivity index (χ0v) is 19.7. The molecule has 10 heteroatoms. The van der Waals surface area contributed by atoms with Crippen molar-refractivity contribution >= 4 is 44.1 Å².